The van der Waals surface area contributed by atoms with E-state index in [1.165, 1.54) is 6.07 Å². The lowest BCUT2D eigenvalue weighted by Crippen LogP contribution is -2.23. The summed E-state index contributed by atoms with van der Waals surface area (Å²) in [4.78, 5) is 0. The number of hydrogen-bond acceptors (Lipinski definition) is 3. The molecule has 0 aliphatic rings. The van der Waals surface area contributed by atoms with E-state index >= 15 is 0 Å². The molecule has 0 amide bonds. The van der Waals surface area contributed by atoms with Crippen molar-refractivity contribution in [3.05, 3.63) is 59.2 Å². The number of aromatic nitrogens is 2. The first-order chi connectivity index (χ1) is 8.72. The van der Waals surface area contributed by atoms with E-state index in [-0.39, 0.29) is 11.9 Å². The fourth-order valence-electron chi connectivity index (χ4n) is 2.01. The number of rotatable bonds is 4. The van der Waals surface area contributed by atoms with Gasteiger partial charge in [-0.2, -0.15) is 10.2 Å². The van der Waals surface area contributed by atoms with Gasteiger partial charge in [-0.1, -0.05) is 13.0 Å². The van der Waals surface area contributed by atoms with Gasteiger partial charge < -0.3 is 5.32 Å². The summed E-state index contributed by atoms with van der Waals surface area (Å²) in [7, 11) is 0. The zero-order valence-corrected chi connectivity index (χ0v) is 10.5. The highest BCUT2D eigenvalue weighted by Gasteiger charge is 2.16. The van der Waals surface area contributed by atoms with Crippen molar-refractivity contribution >= 4 is 0 Å². The maximum Gasteiger partial charge on any atom is 0.123 e. The maximum atomic E-state index is 13.4. The van der Waals surface area contributed by atoms with E-state index in [9.17, 15) is 4.39 Å². The Hall–Kier alpha value is -1.81. The van der Waals surface area contributed by atoms with Crippen LogP contribution in [0.5, 0.6) is 0 Å². The zero-order chi connectivity index (χ0) is 13.0. The van der Waals surface area contributed by atoms with Gasteiger partial charge in [0.05, 0.1) is 12.2 Å². The van der Waals surface area contributed by atoms with Crippen LogP contribution >= 0.6 is 0 Å². The van der Waals surface area contributed by atoms with E-state index in [1.54, 1.807) is 24.5 Å². The second-order valence-corrected chi connectivity index (χ2v) is 4.17. The van der Waals surface area contributed by atoms with Crippen LogP contribution in [-0.4, -0.2) is 16.7 Å². The van der Waals surface area contributed by atoms with Crippen molar-refractivity contribution in [3.8, 4) is 0 Å². The topological polar surface area (TPSA) is 37.8 Å². The number of hydrogen-bond donors (Lipinski definition) is 1. The predicted octanol–water partition coefficient (Wildman–Crippen LogP) is 2.62. The summed E-state index contributed by atoms with van der Waals surface area (Å²) >= 11 is 0. The smallest absolute Gasteiger partial charge is 0.123 e. The molecule has 1 aromatic carbocycles. The zero-order valence-electron chi connectivity index (χ0n) is 10.5. The number of nitrogens with one attached hydrogen (secondary N) is 1. The van der Waals surface area contributed by atoms with Crippen LogP contribution in [-0.2, 0) is 0 Å². The second kappa shape index (κ2) is 5.69. The lowest BCUT2D eigenvalue weighted by Gasteiger charge is -2.20. The minimum Gasteiger partial charge on any atom is -0.306 e. The van der Waals surface area contributed by atoms with Gasteiger partial charge in [-0.05, 0) is 48.4 Å². The van der Waals surface area contributed by atoms with E-state index in [0.29, 0.717) is 0 Å². The largest absolute Gasteiger partial charge is 0.306 e. The maximum absolute atomic E-state index is 13.4. The van der Waals surface area contributed by atoms with Crippen LogP contribution in [0.25, 0.3) is 0 Å². The van der Waals surface area contributed by atoms with E-state index in [4.69, 9.17) is 0 Å². The molecule has 1 atom stereocenters. The summed E-state index contributed by atoms with van der Waals surface area (Å²) < 4.78 is 13.4. The Morgan fingerprint density at radius 2 is 2.11 bits per heavy atom. The summed E-state index contributed by atoms with van der Waals surface area (Å²) in [5.41, 5.74) is 2.98. The van der Waals surface area contributed by atoms with Gasteiger partial charge in [0.25, 0.3) is 0 Å². The second-order valence-electron chi connectivity index (χ2n) is 4.17. The van der Waals surface area contributed by atoms with Crippen molar-refractivity contribution in [1.29, 1.82) is 0 Å². The number of aryl methyl sites for hydroxylation is 1. The van der Waals surface area contributed by atoms with Crippen LogP contribution in [0.4, 0.5) is 4.39 Å². The van der Waals surface area contributed by atoms with E-state index in [2.05, 4.69) is 15.5 Å². The summed E-state index contributed by atoms with van der Waals surface area (Å²) in [5, 5.41) is 11.0. The summed E-state index contributed by atoms with van der Waals surface area (Å²) in [6, 6.07) is 6.69. The van der Waals surface area contributed by atoms with Crippen LogP contribution in [0.15, 0.2) is 36.7 Å². The summed E-state index contributed by atoms with van der Waals surface area (Å²) in [5.74, 6) is -0.222. The minimum atomic E-state index is -0.222. The molecule has 0 fully saturated rings. The first kappa shape index (κ1) is 12.6. The molecule has 0 saturated carbocycles. The summed E-state index contributed by atoms with van der Waals surface area (Å²) in [6.07, 6.45) is 3.35. The van der Waals surface area contributed by atoms with Crippen molar-refractivity contribution in [2.24, 2.45) is 0 Å². The van der Waals surface area contributed by atoms with Crippen LogP contribution in [0.1, 0.15) is 29.7 Å². The summed E-state index contributed by atoms with van der Waals surface area (Å²) in [6.45, 7) is 4.80. The minimum absolute atomic E-state index is 0.0544. The van der Waals surface area contributed by atoms with Gasteiger partial charge in [0, 0.05) is 6.20 Å². The molecule has 0 spiro atoms. The van der Waals surface area contributed by atoms with Gasteiger partial charge in [0.15, 0.2) is 0 Å². The highest BCUT2D eigenvalue weighted by atomic mass is 19.1. The molecule has 1 heterocycles. The highest BCUT2D eigenvalue weighted by Crippen LogP contribution is 2.24. The highest BCUT2D eigenvalue weighted by molar-refractivity contribution is 5.35. The van der Waals surface area contributed by atoms with Gasteiger partial charge in [-0.15, -0.1) is 0 Å². The lowest BCUT2D eigenvalue weighted by molar-refractivity contribution is 0.598. The molecule has 2 aromatic rings. The predicted molar refractivity (Wildman–Crippen MR) is 68.7 cm³/mol. The average Bonchev–Trinajstić information content (AvgIpc) is 2.40. The standard InChI is InChI=1S/C14H16FN3/c1-3-16-14(11-6-7-17-18-9-11)13-8-12(15)5-4-10(13)2/h4-9,14,16H,3H2,1-2H3. The quantitative estimate of drug-likeness (QED) is 0.899. The van der Waals surface area contributed by atoms with Gasteiger partial charge in [0.2, 0.25) is 0 Å². The molecule has 4 heteroatoms. The first-order valence-electron chi connectivity index (χ1n) is 5.98. The van der Waals surface area contributed by atoms with Gasteiger partial charge in [-0.25, -0.2) is 4.39 Å². The van der Waals surface area contributed by atoms with Crippen molar-refractivity contribution in [3.63, 3.8) is 0 Å². The molecule has 3 nitrogen and oxygen atoms in total. The van der Waals surface area contributed by atoms with Crippen molar-refractivity contribution in [2.45, 2.75) is 19.9 Å². The Labute approximate surface area is 106 Å². The molecule has 0 saturated heterocycles. The van der Waals surface area contributed by atoms with Gasteiger partial charge >= 0.3 is 0 Å². The first-order valence-corrected chi connectivity index (χ1v) is 5.98. The molecule has 0 bridgehead atoms. The third-order valence-electron chi connectivity index (χ3n) is 2.90. The lowest BCUT2D eigenvalue weighted by atomic mass is 9.96. The number of benzene rings is 1. The molecular weight excluding hydrogens is 229 g/mol. The molecule has 1 aromatic heterocycles. The third kappa shape index (κ3) is 2.71. The Kier molecular flexibility index (Phi) is 3.99. The van der Waals surface area contributed by atoms with Crippen LogP contribution in [0.3, 0.4) is 0 Å². The van der Waals surface area contributed by atoms with Gasteiger partial charge in [0.1, 0.15) is 5.82 Å². The molecule has 2 rings (SSSR count). The van der Waals surface area contributed by atoms with Crippen molar-refractivity contribution in [2.75, 3.05) is 6.54 Å². The number of nitrogens with zero attached hydrogens (tertiary/aromatic N) is 2. The van der Waals surface area contributed by atoms with E-state index < -0.39 is 0 Å². The third-order valence-corrected chi connectivity index (χ3v) is 2.90. The van der Waals surface area contributed by atoms with Crippen molar-refractivity contribution < 1.29 is 4.39 Å². The molecule has 0 radical (unpaired) electrons. The van der Waals surface area contributed by atoms with Crippen molar-refractivity contribution in [1.82, 2.24) is 15.5 Å². The monoisotopic (exact) mass is 245 g/mol. The molecule has 0 aliphatic heterocycles. The Morgan fingerprint density at radius 1 is 1.28 bits per heavy atom. The fraction of sp³-hybridized carbons (Fsp3) is 0.286. The molecule has 1 unspecified atom stereocenters. The van der Waals surface area contributed by atoms with Crippen LogP contribution < -0.4 is 5.32 Å². The molecule has 18 heavy (non-hydrogen) atoms. The molecule has 0 aliphatic carbocycles. The van der Waals surface area contributed by atoms with Gasteiger partial charge in [-0.3, -0.25) is 0 Å². The molecule has 94 valence electrons. The molecular formula is C14H16FN3. The Balaban J connectivity index is 2.44. The Bertz CT molecular complexity index is 514. The fourth-order valence-corrected chi connectivity index (χ4v) is 2.01. The number of halogens is 1. The van der Waals surface area contributed by atoms with E-state index in [1.807, 2.05) is 19.9 Å². The average molecular weight is 245 g/mol. The van der Waals surface area contributed by atoms with E-state index in [0.717, 1.165) is 23.2 Å². The van der Waals surface area contributed by atoms with Crippen LogP contribution in [0.2, 0.25) is 0 Å². The molecule has 1 N–H and O–H groups in total. The normalized spacial score (nSPS) is 12.4. The SMILES string of the molecule is CCNC(c1ccnnc1)c1cc(F)ccc1C. The Morgan fingerprint density at radius 3 is 2.78 bits per heavy atom. The van der Waals surface area contributed by atoms with Crippen LogP contribution in [0, 0.1) is 12.7 Å².